The minimum atomic E-state index is -0.516. The summed E-state index contributed by atoms with van der Waals surface area (Å²) in [5, 5.41) is 7.09. The number of aromatic nitrogens is 4. The molecule has 0 unspecified atom stereocenters. The number of nitrogens with one attached hydrogen (secondary N) is 4. The Hall–Kier alpha value is -5.00. The molecule has 0 amide bonds. The number of fused-ring (bicyclic) bond motifs is 2. The Bertz CT molecular complexity index is 2190. The minimum absolute atomic E-state index is 0.0723. The molecule has 4 aromatic carbocycles. The number of imidazole rings is 2. The van der Waals surface area contributed by atoms with E-state index in [0.717, 1.165) is 115 Å². The number of piperidine rings is 1. The van der Waals surface area contributed by atoms with Gasteiger partial charge in [0, 0.05) is 18.8 Å². The third kappa shape index (κ3) is 6.40. The van der Waals surface area contributed by atoms with Gasteiger partial charge in [-0.25, -0.2) is 18.7 Å². The number of nitrogens with zero attached hydrogens (tertiary/aromatic N) is 4. The molecule has 4 N–H and O–H groups in total. The van der Waals surface area contributed by atoms with Crippen LogP contribution in [0.25, 0.3) is 22.1 Å². The molecule has 6 aromatic rings. The average Bonchev–Trinajstić information content (AvgIpc) is 4.06. The number of rotatable bonds is 8. The quantitative estimate of drug-likeness (QED) is 0.124. The molecule has 4 atom stereocenters. The van der Waals surface area contributed by atoms with Gasteiger partial charge in [-0.15, -0.1) is 0 Å². The molecule has 284 valence electrons. The van der Waals surface area contributed by atoms with E-state index in [1.165, 1.54) is 5.56 Å². The molecule has 6 heterocycles. The summed E-state index contributed by atoms with van der Waals surface area (Å²) in [6.07, 6.45) is 7.74. The number of hydrogen-bond donors (Lipinski definition) is 4. The standard InChI is InChI=1S/C44H48F2N8O/c1-55-31-10-6-26(7-11-31)27-16-20-53(21-17-27)42-32(45)24-30(25-33(42)46)54-40(28-8-12-34-38(22-28)51-43(49-34)36-4-2-18-47-36)14-15-41(54)29-9-13-35-39(23-29)52-44(50-35)37-5-3-19-48-37/h6-13,22-25,27,36-37,40-41,47-48H,2-5,14-21H2,1H3,(H,49,51)(H,50,52)/t36-,37-,40-,41+/m0/s1. The second kappa shape index (κ2) is 14.3. The van der Waals surface area contributed by atoms with Crippen LogP contribution in [0.1, 0.15) is 110 Å². The van der Waals surface area contributed by atoms with Gasteiger partial charge in [0.2, 0.25) is 0 Å². The van der Waals surface area contributed by atoms with E-state index in [1.54, 1.807) is 19.2 Å². The van der Waals surface area contributed by atoms with Crippen molar-refractivity contribution >= 4 is 33.4 Å². The molecular formula is C44H48F2N8O. The molecule has 0 aliphatic carbocycles. The second-order valence-electron chi connectivity index (χ2n) is 15.9. The van der Waals surface area contributed by atoms with Crippen molar-refractivity contribution < 1.29 is 13.5 Å². The molecule has 11 heteroatoms. The molecule has 9 nitrogen and oxygen atoms in total. The van der Waals surface area contributed by atoms with Gasteiger partial charge in [-0.05, 0) is 136 Å². The second-order valence-corrected chi connectivity index (χ2v) is 15.9. The van der Waals surface area contributed by atoms with Crippen LogP contribution >= 0.6 is 0 Å². The monoisotopic (exact) mass is 742 g/mol. The predicted octanol–water partition coefficient (Wildman–Crippen LogP) is 9.04. The summed E-state index contributed by atoms with van der Waals surface area (Å²) in [5.74, 6) is 2.08. The van der Waals surface area contributed by atoms with Gasteiger partial charge in [-0.3, -0.25) is 0 Å². The van der Waals surface area contributed by atoms with Gasteiger partial charge in [-0.2, -0.15) is 0 Å². The first-order valence-corrected chi connectivity index (χ1v) is 20.1. The summed E-state index contributed by atoms with van der Waals surface area (Å²) >= 11 is 0. The third-order valence-corrected chi connectivity index (χ3v) is 12.7. The van der Waals surface area contributed by atoms with Crippen molar-refractivity contribution in [2.24, 2.45) is 0 Å². The minimum Gasteiger partial charge on any atom is -0.497 e. The number of hydrogen-bond acceptors (Lipinski definition) is 7. The Morgan fingerprint density at radius 3 is 1.65 bits per heavy atom. The molecular weight excluding hydrogens is 695 g/mol. The Labute approximate surface area is 319 Å². The maximum atomic E-state index is 16.5. The van der Waals surface area contributed by atoms with Crippen LogP contribution in [-0.2, 0) is 0 Å². The van der Waals surface area contributed by atoms with Crippen LogP contribution < -0.4 is 25.2 Å². The Morgan fingerprint density at radius 1 is 0.636 bits per heavy atom. The van der Waals surface area contributed by atoms with Crippen molar-refractivity contribution in [3.8, 4) is 5.75 Å². The maximum Gasteiger partial charge on any atom is 0.151 e. The van der Waals surface area contributed by atoms with Crippen molar-refractivity contribution in [2.75, 3.05) is 43.1 Å². The molecule has 4 fully saturated rings. The van der Waals surface area contributed by atoms with Crippen molar-refractivity contribution in [1.29, 1.82) is 0 Å². The first-order valence-electron chi connectivity index (χ1n) is 20.1. The summed E-state index contributed by atoms with van der Waals surface area (Å²) in [4.78, 5) is 21.1. The summed E-state index contributed by atoms with van der Waals surface area (Å²) in [5.41, 5.74) is 7.92. The lowest BCUT2D eigenvalue weighted by atomic mass is 9.89. The predicted molar refractivity (Wildman–Crippen MR) is 213 cm³/mol. The van der Waals surface area contributed by atoms with Crippen LogP contribution in [0.3, 0.4) is 0 Å². The number of methoxy groups -OCH3 is 1. The molecule has 4 aliphatic rings. The smallest absolute Gasteiger partial charge is 0.151 e. The molecule has 0 radical (unpaired) electrons. The molecule has 4 aliphatic heterocycles. The SMILES string of the molecule is COc1ccc(C2CCN(c3c(F)cc(N4[C@@H](c5ccc6nc([C@@H]7CCCN7)[nH]c6c5)CC[C@H]4c4ccc5nc([C@@H]6CCCN6)[nH]c5c4)cc3F)CC2)cc1. The molecule has 0 saturated carbocycles. The highest BCUT2D eigenvalue weighted by Gasteiger charge is 2.38. The Kier molecular flexibility index (Phi) is 8.94. The number of ether oxygens (including phenoxy) is 1. The van der Waals surface area contributed by atoms with Gasteiger partial charge in [-0.1, -0.05) is 24.3 Å². The molecule has 2 aromatic heterocycles. The fraction of sp³-hybridized carbons (Fsp3) is 0.409. The van der Waals surface area contributed by atoms with E-state index in [1.807, 2.05) is 17.0 Å². The van der Waals surface area contributed by atoms with E-state index >= 15 is 8.78 Å². The topological polar surface area (TPSA) is 97.1 Å². The van der Waals surface area contributed by atoms with Crippen LogP contribution in [0.4, 0.5) is 20.2 Å². The van der Waals surface area contributed by atoms with Gasteiger partial charge in [0.05, 0.1) is 53.3 Å². The van der Waals surface area contributed by atoms with E-state index in [4.69, 9.17) is 14.7 Å². The van der Waals surface area contributed by atoms with Crippen LogP contribution in [-0.4, -0.2) is 53.2 Å². The molecule has 4 saturated heterocycles. The van der Waals surface area contributed by atoms with E-state index < -0.39 is 11.6 Å². The average molecular weight is 743 g/mol. The molecule has 0 bridgehead atoms. The molecule has 55 heavy (non-hydrogen) atoms. The highest BCUT2D eigenvalue weighted by atomic mass is 19.1. The molecule has 0 spiro atoms. The number of aromatic amines is 2. The zero-order valence-corrected chi connectivity index (χ0v) is 31.3. The van der Waals surface area contributed by atoms with Crippen LogP contribution in [0, 0.1) is 11.6 Å². The fourth-order valence-electron chi connectivity index (χ4n) is 9.82. The van der Waals surface area contributed by atoms with Gasteiger partial charge in [0.15, 0.2) is 11.6 Å². The van der Waals surface area contributed by atoms with Crippen molar-refractivity contribution in [3.63, 3.8) is 0 Å². The van der Waals surface area contributed by atoms with Crippen LogP contribution in [0.2, 0.25) is 0 Å². The van der Waals surface area contributed by atoms with E-state index in [9.17, 15) is 0 Å². The summed E-state index contributed by atoms with van der Waals surface area (Å²) in [6, 6.07) is 24.4. The normalized spacial score (nSPS) is 23.5. The van der Waals surface area contributed by atoms with Crippen molar-refractivity contribution in [2.45, 2.75) is 81.5 Å². The Balaban J connectivity index is 0.976. The third-order valence-electron chi connectivity index (χ3n) is 12.7. The van der Waals surface area contributed by atoms with Gasteiger partial charge < -0.3 is 35.1 Å². The largest absolute Gasteiger partial charge is 0.497 e. The van der Waals surface area contributed by atoms with E-state index in [2.05, 4.69) is 74.0 Å². The number of anilines is 2. The van der Waals surface area contributed by atoms with E-state index in [-0.39, 0.29) is 29.9 Å². The van der Waals surface area contributed by atoms with Gasteiger partial charge in [0.1, 0.15) is 23.1 Å². The zero-order valence-electron chi connectivity index (χ0n) is 31.3. The van der Waals surface area contributed by atoms with Gasteiger partial charge in [0.25, 0.3) is 0 Å². The fourth-order valence-corrected chi connectivity index (χ4v) is 9.82. The first kappa shape index (κ1) is 34.5. The van der Waals surface area contributed by atoms with E-state index in [0.29, 0.717) is 24.7 Å². The van der Waals surface area contributed by atoms with Crippen molar-refractivity contribution in [1.82, 2.24) is 30.6 Å². The first-order chi connectivity index (χ1) is 27.0. The highest BCUT2D eigenvalue weighted by Crippen LogP contribution is 2.49. The van der Waals surface area contributed by atoms with Crippen molar-refractivity contribution in [3.05, 3.63) is 113 Å². The number of benzene rings is 4. The molecule has 10 rings (SSSR count). The lowest BCUT2D eigenvalue weighted by molar-refractivity contribution is 0.414. The summed E-state index contributed by atoms with van der Waals surface area (Å²) < 4.78 is 38.3. The lowest BCUT2D eigenvalue weighted by Crippen LogP contribution is -2.34. The number of H-pyrrole nitrogens is 2. The van der Waals surface area contributed by atoms with Crippen LogP contribution in [0.5, 0.6) is 5.75 Å². The highest BCUT2D eigenvalue weighted by molar-refractivity contribution is 5.78. The van der Waals surface area contributed by atoms with Crippen LogP contribution in [0.15, 0.2) is 72.8 Å². The lowest BCUT2D eigenvalue weighted by Gasteiger charge is -2.36. The summed E-state index contributed by atoms with van der Waals surface area (Å²) in [6.45, 7) is 3.18. The number of halogens is 2. The zero-order chi connectivity index (χ0) is 37.0. The summed E-state index contributed by atoms with van der Waals surface area (Å²) in [7, 11) is 1.67. The van der Waals surface area contributed by atoms with Gasteiger partial charge >= 0.3 is 0 Å². The Morgan fingerprint density at radius 2 is 1.16 bits per heavy atom. The maximum absolute atomic E-state index is 16.5.